The van der Waals surface area contributed by atoms with Gasteiger partial charge in [0.2, 0.25) is 6.74 Å². The van der Waals surface area contributed by atoms with E-state index in [1.807, 2.05) is 6.08 Å². The molecule has 102 valence electrons. The summed E-state index contributed by atoms with van der Waals surface area (Å²) in [5, 5.41) is 0. The first-order chi connectivity index (χ1) is 9.61. The van der Waals surface area contributed by atoms with Crippen molar-refractivity contribution in [3.05, 3.63) is 71.7 Å². The fourth-order valence-electron chi connectivity index (χ4n) is 2.74. The van der Waals surface area contributed by atoms with E-state index in [0.717, 1.165) is 0 Å². The Morgan fingerprint density at radius 3 is 2.30 bits per heavy atom. The first-order valence-electron chi connectivity index (χ1n) is 6.95. The molecule has 4 heteroatoms. The molecule has 0 amide bonds. The van der Waals surface area contributed by atoms with Gasteiger partial charge in [0.15, 0.2) is 6.74 Å². The van der Waals surface area contributed by atoms with Crippen LogP contribution in [-0.4, -0.2) is 51.3 Å². The monoisotopic (exact) mass is 263 g/mol. The van der Waals surface area contributed by atoms with Gasteiger partial charge in [-0.25, -0.2) is 0 Å². The lowest BCUT2D eigenvalue weighted by atomic mass is 9.14. The first-order valence-corrected chi connectivity index (χ1v) is 6.95. The van der Waals surface area contributed by atoms with E-state index in [-0.39, 0.29) is 13.5 Å². The SMILES string of the molecule is CN(C)B(B(C1=C[CH-]C=CC=C1)N(C)C)C1=C=CC=C1. The molecule has 0 aliphatic heterocycles. The molecule has 0 saturated carbocycles. The molecule has 2 aliphatic rings. The average molecular weight is 263 g/mol. The van der Waals surface area contributed by atoms with Crippen LogP contribution in [0.2, 0.25) is 0 Å². The molecule has 0 bridgehead atoms. The molecule has 0 fully saturated rings. The van der Waals surface area contributed by atoms with Gasteiger partial charge in [-0.05, 0) is 39.7 Å². The number of hydrogen-bond donors (Lipinski definition) is 0. The zero-order valence-electron chi connectivity index (χ0n) is 12.7. The van der Waals surface area contributed by atoms with Crippen LogP contribution in [0.15, 0.2) is 65.3 Å². The summed E-state index contributed by atoms with van der Waals surface area (Å²) in [4.78, 5) is 4.55. The number of hydrogen-bond acceptors (Lipinski definition) is 2. The van der Waals surface area contributed by atoms with Crippen molar-refractivity contribution >= 4 is 13.5 Å². The average Bonchev–Trinajstić information content (AvgIpc) is 2.77. The van der Waals surface area contributed by atoms with E-state index in [2.05, 4.69) is 92.5 Å². The Morgan fingerprint density at radius 1 is 0.950 bits per heavy atom. The Bertz CT molecular complexity index is 533. The van der Waals surface area contributed by atoms with E-state index in [1.165, 1.54) is 10.9 Å². The lowest BCUT2D eigenvalue weighted by Gasteiger charge is -2.35. The van der Waals surface area contributed by atoms with Gasteiger partial charge in [0.25, 0.3) is 0 Å². The normalized spacial score (nSPS) is 16.3. The highest BCUT2D eigenvalue weighted by atomic mass is 15.0. The summed E-state index contributed by atoms with van der Waals surface area (Å²) in [6, 6.07) is 0. The Hall–Kier alpha value is -1.60. The molecule has 0 heterocycles. The van der Waals surface area contributed by atoms with Crippen molar-refractivity contribution in [1.29, 1.82) is 0 Å². The second-order valence-electron chi connectivity index (χ2n) is 5.55. The smallest absolute Gasteiger partial charge is 0.239 e. The lowest BCUT2D eigenvalue weighted by molar-refractivity contribution is 0.628. The van der Waals surface area contributed by atoms with Crippen LogP contribution in [0.3, 0.4) is 0 Å². The minimum absolute atomic E-state index is 0.280. The van der Waals surface area contributed by atoms with Crippen molar-refractivity contribution in [3.63, 3.8) is 0 Å². The Labute approximate surface area is 123 Å². The fraction of sp³-hybridized carbons (Fsp3) is 0.250. The maximum absolute atomic E-state index is 3.36. The third-order valence-electron chi connectivity index (χ3n) is 3.60. The van der Waals surface area contributed by atoms with E-state index in [0.29, 0.717) is 0 Å². The molecule has 2 aliphatic carbocycles. The molecule has 0 aromatic rings. The van der Waals surface area contributed by atoms with E-state index in [1.54, 1.807) is 0 Å². The summed E-state index contributed by atoms with van der Waals surface area (Å²) in [5.41, 5.74) is 5.91. The first kappa shape index (κ1) is 14.8. The van der Waals surface area contributed by atoms with Crippen LogP contribution in [0.4, 0.5) is 0 Å². The largest absolute Gasteiger partial charge is 0.360 e. The van der Waals surface area contributed by atoms with Crippen LogP contribution in [0.25, 0.3) is 0 Å². The topological polar surface area (TPSA) is 6.48 Å². The third-order valence-corrected chi connectivity index (χ3v) is 3.60. The van der Waals surface area contributed by atoms with Gasteiger partial charge in [-0.15, -0.1) is 17.9 Å². The van der Waals surface area contributed by atoms with Gasteiger partial charge >= 0.3 is 0 Å². The molecular weight excluding hydrogens is 242 g/mol. The Morgan fingerprint density at radius 2 is 1.70 bits per heavy atom. The maximum atomic E-state index is 3.36. The van der Waals surface area contributed by atoms with Crippen LogP contribution in [0, 0.1) is 6.42 Å². The van der Waals surface area contributed by atoms with Crippen molar-refractivity contribution in [2.75, 3.05) is 28.2 Å². The van der Waals surface area contributed by atoms with Gasteiger partial charge in [-0.1, -0.05) is 12.2 Å². The predicted molar refractivity (Wildman–Crippen MR) is 90.3 cm³/mol. The zero-order valence-corrected chi connectivity index (χ0v) is 12.7. The molecule has 2 rings (SSSR count). The minimum Gasteiger partial charge on any atom is -0.360 e. The molecule has 0 aromatic carbocycles. The van der Waals surface area contributed by atoms with Gasteiger partial charge in [0, 0.05) is 0 Å². The maximum Gasteiger partial charge on any atom is 0.239 e. The van der Waals surface area contributed by atoms with E-state index >= 15 is 0 Å². The highest BCUT2D eigenvalue weighted by molar-refractivity contribution is 7.26. The predicted octanol–water partition coefficient (Wildman–Crippen LogP) is 2.16. The van der Waals surface area contributed by atoms with Crippen molar-refractivity contribution < 1.29 is 0 Å². The van der Waals surface area contributed by atoms with Crippen molar-refractivity contribution in [2.24, 2.45) is 0 Å². The van der Waals surface area contributed by atoms with Crippen molar-refractivity contribution in [3.8, 4) is 0 Å². The minimum atomic E-state index is 0.280. The molecule has 0 atom stereocenters. The van der Waals surface area contributed by atoms with Gasteiger partial charge in [-0.2, -0.15) is 30.1 Å². The molecule has 0 spiro atoms. The van der Waals surface area contributed by atoms with Crippen LogP contribution in [0.1, 0.15) is 0 Å². The molecule has 0 radical (unpaired) electrons. The fourth-order valence-corrected chi connectivity index (χ4v) is 2.74. The molecule has 0 aromatic heterocycles. The summed E-state index contributed by atoms with van der Waals surface area (Å²) >= 11 is 0. The zero-order chi connectivity index (χ0) is 14.5. The number of allylic oxidation sites excluding steroid dienone is 9. The van der Waals surface area contributed by atoms with Crippen LogP contribution < -0.4 is 0 Å². The highest BCUT2D eigenvalue weighted by Gasteiger charge is 2.35. The summed E-state index contributed by atoms with van der Waals surface area (Å²) in [6.07, 6.45) is 18.9. The standard InChI is InChI=1S/C16H21B2N2/c1-19(2)17(15-11-7-5-6-8-12-15)18(20(3)4)16-13-9-10-14-16/h5-13H,1-4H3/q-1. The van der Waals surface area contributed by atoms with Gasteiger partial charge < -0.3 is 9.62 Å². The number of rotatable bonds is 5. The lowest BCUT2D eigenvalue weighted by Crippen LogP contribution is -2.56. The van der Waals surface area contributed by atoms with Gasteiger partial charge in [-0.3, -0.25) is 0 Å². The van der Waals surface area contributed by atoms with Crippen molar-refractivity contribution in [2.45, 2.75) is 0 Å². The summed E-state index contributed by atoms with van der Waals surface area (Å²) in [7, 11) is 8.53. The molecule has 0 unspecified atom stereocenters. The third kappa shape index (κ3) is 3.29. The molecule has 2 nitrogen and oxygen atoms in total. The Balaban J connectivity index is 2.37. The van der Waals surface area contributed by atoms with E-state index < -0.39 is 0 Å². The van der Waals surface area contributed by atoms with Crippen molar-refractivity contribution in [1.82, 2.24) is 9.62 Å². The van der Waals surface area contributed by atoms with Crippen LogP contribution in [0.5, 0.6) is 0 Å². The molecule has 20 heavy (non-hydrogen) atoms. The van der Waals surface area contributed by atoms with E-state index in [9.17, 15) is 0 Å². The Kier molecular flexibility index (Phi) is 4.97. The molecule has 0 N–H and O–H groups in total. The summed E-state index contributed by atoms with van der Waals surface area (Å²) in [6.45, 7) is 0.568. The second kappa shape index (κ2) is 6.71. The molecular formula is C16H21B2N2-. The van der Waals surface area contributed by atoms with Gasteiger partial charge in [0.05, 0.1) is 0 Å². The summed E-state index contributed by atoms with van der Waals surface area (Å²) in [5.74, 6) is 0. The second-order valence-corrected chi connectivity index (χ2v) is 5.55. The summed E-state index contributed by atoms with van der Waals surface area (Å²) < 4.78 is 0. The molecule has 0 saturated heterocycles. The number of nitrogens with zero attached hydrogens (tertiary/aromatic N) is 2. The van der Waals surface area contributed by atoms with Crippen LogP contribution in [-0.2, 0) is 0 Å². The van der Waals surface area contributed by atoms with E-state index in [4.69, 9.17) is 0 Å². The highest BCUT2D eigenvalue weighted by Crippen LogP contribution is 2.19. The van der Waals surface area contributed by atoms with Crippen LogP contribution >= 0.6 is 0 Å². The van der Waals surface area contributed by atoms with Gasteiger partial charge in [0.1, 0.15) is 0 Å². The quantitative estimate of drug-likeness (QED) is 0.426.